The molecule has 0 saturated heterocycles. The van der Waals surface area contributed by atoms with Gasteiger partial charge in [0, 0.05) is 0 Å². The number of halogens is 1. The van der Waals surface area contributed by atoms with Crippen molar-refractivity contribution >= 4 is 28.9 Å². The molecule has 0 bridgehead atoms. The van der Waals surface area contributed by atoms with Gasteiger partial charge in [0.25, 0.3) is 0 Å². The number of phenols is 1. The molecule has 3 nitrogen and oxygen atoms in total. The molecule has 0 spiro atoms. The lowest BCUT2D eigenvalue weighted by atomic mass is 10.1. The first-order valence-electron chi connectivity index (χ1n) is 4.77. The van der Waals surface area contributed by atoms with Crippen molar-refractivity contribution in [2.24, 2.45) is 0 Å². The molecular weight excluding hydrogens is 260 g/mol. The number of phenolic OH excluding ortho intramolecular Hbond substituents is 1. The Morgan fingerprint density at radius 2 is 2.12 bits per heavy atom. The van der Waals surface area contributed by atoms with Crippen molar-refractivity contribution in [2.45, 2.75) is 0 Å². The van der Waals surface area contributed by atoms with E-state index in [1.807, 2.05) is 5.38 Å². The Bertz CT molecular complexity index is 563. The number of aromatic hydroxyl groups is 1. The topological polar surface area (TPSA) is 46.5 Å². The highest BCUT2D eigenvalue weighted by Crippen LogP contribution is 2.31. The fraction of sp³-hybridized carbons (Fsp3) is 0.0833. The van der Waals surface area contributed by atoms with Crippen LogP contribution in [0, 0.1) is 0 Å². The third kappa shape index (κ3) is 2.43. The van der Waals surface area contributed by atoms with Gasteiger partial charge in [0.1, 0.15) is 10.6 Å². The summed E-state index contributed by atoms with van der Waals surface area (Å²) in [4.78, 5) is 11.8. The van der Waals surface area contributed by atoms with Gasteiger partial charge in [0.05, 0.1) is 12.1 Å². The van der Waals surface area contributed by atoms with Crippen molar-refractivity contribution in [2.75, 3.05) is 7.11 Å². The third-order valence-corrected chi connectivity index (χ3v) is 3.48. The van der Waals surface area contributed by atoms with E-state index in [0.717, 1.165) is 11.1 Å². The number of thiophene rings is 1. The number of ether oxygens (including phenoxy) is 1. The molecule has 0 unspecified atom stereocenters. The Hall–Kier alpha value is -1.52. The number of carbonyl (C=O) groups excluding carboxylic acids is 1. The van der Waals surface area contributed by atoms with Crippen molar-refractivity contribution in [3.05, 3.63) is 39.5 Å². The number of benzene rings is 1. The van der Waals surface area contributed by atoms with Gasteiger partial charge in [0.2, 0.25) is 0 Å². The minimum atomic E-state index is -0.355. The molecule has 17 heavy (non-hydrogen) atoms. The largest absolute Gasteiger partial charge is 0.506 e. The van der Waals surface area contributed by atoms with E-state index in [1.165, 1.54) is 24.5 Å². The van der Waals surface area contributed by atoms with Gasteiger partial charge >= 0.3 is 5.97 Å². The third-order valence-electron chi connectivity index (χ3n) is 2.27. The second kappa shape index (κ2) is 4.77. The first kappa shape index (κ1) is 12.0. The Kier molecular flexibility index (Phi) is 3.36. The monoisotopic (exact) mass is 268 g/mol. The fourth-order valence-corrected chi connectivity index (χ4v) is 2.39. The highest BCUT2D eigenvalue weighted by molar-refractivity contribution is 7.12. The first-order valence-corrected chi connectivity index (χ1v) is 6.03. The number of methoxy groups -OCH3 is 1. The highest BCUT2D eigenvalue weighted by atomic mass is 35.5. The number of hydrogen-bond donors (Lipinski definition) is 1. The summed E-state index contributed by atoms with van der Waals surface area (Å²) in [6.07, 6.45) is 0. The SMILES string of the molecule is COC(=O)c1cc(-c2ccc(O)c(Cl)c2)cs1. The maximum atomic E-state index is 11.3. The lowest BCUT2D eigenvalue weighted by Gasteiger charge is -2.00. The second-order valence-electron chi connectivity index (χ2n) is 3.36. The smallest absolute Gasteiger partial charge is 0.348 e. The summed E-state index contributed by atoms with van der Waals surface area (Å²) in [5.74, 6) is -0.315. The maximum absolute atomic E-state index is 11.3. The minimum absolute atomic E-state index is 0.0406. The zero-order chi connectivity index (χ0) is 12.4. The van der Waals surface area contributed by atoms with Crippen LogP contribution in [0.25, 0.3) is 11.1 Å². The van der Waals surface area contributed by atoms with Gasteiger partial charge in [-0.1, -0.05) is 17.7 Å². The van der Waals surface area contributed by atoms with Crippen molar-refractivity contribution in [3.63, 3.8) is 0 Å². The van der Waals surface area contributed by atoms with Crippen LogP contribution in [0.4, 0.5) is 0 Å². The molecule has 0 amide bonds. The Balaban J connectivity index is 2.37. The molecule has 0 fully saturated rings. The molecule has 0 radical (unpaired) electrons. The lowest BCUT2D eigenvalue weighted by molar-refractivity contribution is 0.0606. The maximum Gasteiger partial charge on any atom is 0.348 e. The second-order valence-corrected chi connectivity index (χ2v) is 4.68. The molecule has 0 aliphatic carbocycles. The van der Waals surface area contributed by atoms with Crippen molar-refractivity contribution in [1.82, 2.24) is 0 Å². The van der Waals surface area contributed by atoms with Crippen LogP contribution in [0.3, 0.4) is 0 Å². The van der Waals surface area contributed by atoms with Gasteiger partial charge in [0.15, 0.2) is 0 Å². The molecular formula is C12H9ClO3S. The summed E-state index contributed by atoms with van der Waals surface area (Å²) in [5, 5.41) is 11.4. The van der Waals surface area contributed by atoms with Crippen LogP contribution in [-0.2, 0) is 4.74 Å². The Morgan fingerprint density at radius 3 is 2.76 bits per heavy atom. The van der Waals surface area contributed by atoms with E-state index in [2.05, 4.69) is 4.74 Å². The van der Waals surface area contributed by atoms with Crippen LogP contribution in [0.5, 0.6) is 5.75 Å². The van der Waals surface area contributed by atoms with E-state index < -0.39 is 0 Å². The molecule has 0 aliphatic heterocycles. The van der Waals surface area contributed by atoms with E-state index in [-0.39, 0.29) is 16.7 Å². The van der Waals surface area contributed by atoms with Crippen LogP contribution in [-0.4, -0.2) is 18.2 Å². The quantitative estimate of drug-likeness (QED) is 0.847. The normalized spacial score (nSPS) is 10.2. The summed E-state index contributed by atoms with van der Waals surface area (Å²) in [6.45, 7) is 0. The van der Waals surface area contributed by atoms with E-state index in [4.69, 9.17) is 11.6 Å². The van der Waals surface area contributed by atoms with E-state index in [9.17, 15) is 9.90 Å². The zero-order valence-corrected chi connectivity index (χ0v) is 10.5. The van der Waals surface area contributed by atoms with E-state index >= 15 is 0 Å². The molecule has 2 aromatic rings. The number of esters is 1. The number of hydrogen-bond acceptors (Lipinski definition) is 4. The van der Waals surface area contributed by atoms with Crippen LogP contribution in [0.2, 0.25) is 5.02 Å². The molecule has 1 N–H and O–H groups in total. The van der Waals surface area contributed by atoms with Crippen LogP contribution in [0.1, 0.15) is 9.67 Å². The molecule has 0 saturated carbocycles. The molecule has 88 valence electrons. The number of carbonyl (C=O) groups is 1. The minimum Gasteiger partial charge on any atom is -0.506 e. The molecule has 1 heterocycles. The van der Waals surface area contributed by atoms with Crippen molar-refractivity contribution in [3.8, 4) is 16.9 Å². The van der Waals surface area contributed by atoms with E-state index in [0.29, 0.717) is 4.88 Å². The molecule has 5 heteroatoms. The van der Waals surface area contributed by atoms with Gasteiger partial charge in [-0.15, -0.1) is 11.3 Å². The summed E-state index contributed by atoms with van der Waals surface area (Å²) >= 11 is 7.13. The molecule has 1 aromatic heterocycles. The zero-order valence-electron chi connectivity index (χ0n) is 8.94. The molecule has 1 aromatic carbocycles. The average molecular weight is 269 g/mol. The van der Waals surface area contributed by atoms with Crippen molar-refractivity contribution < 1.29 is 14.6 Å². The average Bonchev–Trinajstić information content (AvgIpc) is 2.81. The van der Waals surface area contributed by atoms with Gasteiger partial charge in [-0.25, -0.2) is 4.79 Å². The summed E-state index contributed by atoms with van der Waals surface area (Å²) in [7, 11) is 1.35. The molecule has 0 atom stereocenters. The molecule has 2 rings (SSSR count). The fourth-order valence-electron chi connectivity index (χ4n) is 1.38. The summed E-state index contributed by atoms with van der Waals surface area (Å²) in [5.41, 5.74) is 1.72. The lowest BCUT2D eigenvalue weighted by Crippen LogP contribution is -1.96. The standard InChI is InChI=1S/C12H9ClO3S/c1-16-12(15)11-5-8(6-17-11)7-2-3-10(14)9(13)4-7/h2-6,14H,1H3. The Labute approximate surface area is 107 Å². The Morgan fingerprint density at radius 1 is 1.35 bits per heavy atom. The van der Waals surface area contributed by atoms with Gasteiger partial charge < -0.3 is 9.84 Å². The summed E-state index contributed by atoms with van der Waals surface area (Å²) in [6, 6.07) is 6.65. The summed E-state index contributed by atoms with van der Waals surface area (Å²) < 4.78 is 4.63. The predicted molar refractivity (Wildman–Crippen MR) is 67.8 cm³/mol. The molecule has 0 aliphatic rings. The highest BCUT2D eigenvalue weighted by Gasteiger charge is 2.10. The van der Waals surface area contributed by atoms with Crippen LogP contribution in [0.15, 0.2) is 29.6 Å². The predicted octanol–water partition coefficient (Wildman–Crippen LogP) is 3.56. The van der Waals surface area contributed by atoms with Crippen LogP contribution >= 0.6 is 22.9 Å². The van der Waals surface area contributed by atoms with Crippen molar-refractivity contribution in [1.29, 1.82) is 0 Å². The van der Waals surface area contributed by atoms with E-state index in [1.54, 1.807) is 18.2 Å². The van der Waals surface area contributed by atoms with Gasteiger partial charge in [-0.05, 0) is 34.7 Å². The first-order chi connectivity index (χ1) is 8.11. The number of rotatable bonds is 2. The van der Waals surface area contributed by atoms with Crippen LogP contribution < -0.4 is 0 Å². The van der Waals surface area contributed by atoms with Gasteiger partial charge in [-0.2, -0.15) is 0 Å². The van der Waals surface area contributed by atoms with Gasteiger partial charge in [-0.3, -0.25) is 0 Å².